The molecule has 0 radical (unpaired) electrons. The first-order chi connectivity index (χ1) is 9.19. The molecule has 0 aliphatic carbocycles. The molecule has 1 fully saturated rings. The van der Waals surface area contributed by atoms with Crippen LogP contribution in [-0.2, 0) is 14.3 Å². The van der Waals surface area contributed by atoms with Crippen molar-refractivity contribution in [3.63, 3.8) is 0 Å². The van der Waals surface area contributed by atoms with Crippen LogP contribution in [0, 0.1) is 5.92 Å². The zero-order valence-corrected chi connectivity index (χ0v) is 12.3. The Labute approximate surface area is 118 Å². The molecule has 0 saturated carbocycles. The molecule has 0 aromatic carbocycles. The van der Waals surface area contributed by atoms with Gasteiger partial charge in [-0.2, -0.15) is 0 Å². The Morgan fingerprint density at radius 2 is 2.10 bits per heavy atom. The van der Waals surface area contributed by atoms with Gasteiger partial charge in [-0.05, 0) is 27.2 Å². The van der Waals surface area contributed by atoms with Gasteiger partial charge in [-0.25, -0.2) is 4.79 Å². The zero-order valence-electron chi connectivity index (χ0n) is 12.3. The van der Waals surface area contributed by atoms with E-state index in [-0.39, 0.29) is 18.2 Å². The summed E-state index contributed by atoms with van der Waals surface area (Å²) in [7, 11) is 0. The van der Waals surface area contributed by atoms with Gasteiger partial charge in [0.1, 0.15) is 5.60 Å². The van der Waals surface area contributed by atoms with Crippen LogP contribution >= 0.6 is 0 Å². The number of nitrogens with one attached hydrogen (secondary N) is 1. The van der Waals surface area contributed by atoms with Gasteiger partial charge in [0.05, 0.1) is 5.92 Å². The average molecular weight is 285 g/mol. The third-order valence-electron chi connectivity index (χ3n) is 2.89. The summed E-state index contributed by atoms with van der Waals surface area (Å²) in [4.78, 5) is 35.6. The normalized spacial score (nSPS) is 19.1. The van der Waals surface area contributed by atoms with E-state index < -0.39 is 17.6 Å². The van der Waals surface area contributed by atoms with Crippen LogP contribution in [-0.4, -0.2) is 48.0 Å². The smallest absolute Gasteiger partial charge is 0.407 e. The lowest BCUT2D eigenvalue weighted by atomic mass is 10.1. The van der Waals surface area contributed by atoms with Crippen LogP contribution in [0.15, 0.2) is 0 Å². The maximum atomic E-state index is 11.6. The largest absolute Gasteiger partial charge is 0.444 e. The number of amides is 3. The predicted molar refractivity (Wildman–Crippen MR) is 72.7 cm³/mol. The molecule has 7 heteroatoms. The highest BCUT2D eigenvalue weighted by molar-refractivity contribution is 5.88. The second-order valence-electron chi connectivity index (χ2n) is 5.93. The Morgan fingerprint density at radius 3 is 2.60 bits per heavy atom. The Balaban J connectivity index is 2.20. The fraction of sp³-hybridized carbons (Fsp3) is 0.769. The Morgan fingerprint density at radius 1 is 1.45 bits per heavy atom. The van der Waals surface area contributed by atoms with Gasteiger partial charge in [0.15, 0.2) is 0 Å². The molecule has 0 bridgehead atoms. The highest BCUT2D eigenvalue weighted by atomic mass is 16.6. The van der Waals surface area contributed by atoms with Crippen molar-refractivity contribution in [1.82, 2.24) is 10.2 Å². The summed E-state index contributed by atoms with van der Waals surface area (Å²) in [6.07, 6.45) is 0.325. The minimum atomic E-state index is -0.524. The van der Waals surface area contributed by atoms with Gasteiger partial charge >= 0.3 is 6.09 Å². The van der Waals surface area contributed by atoms with Crippen molar-refractivity contribution in [2.45, 2.75) is 39.2 Å². The molecule has 1 saturated heterocycles. The Kier molecular flexibility index (Phi) is 5.35. The monoisotopic (exact) mass is 285 g/mol. The van der Waals surface area contributed by atoms with Crippen molar-refractivity contribution >= 4 is 17.9 Å². The standard InChI is InChI=1S/C13H23N3O4/c1-13(2,3)20-12(19)15-5-4-6-16-8-9(11(14)18)7-10(16)17/h9H,4-8H2,1-3H3,(H2,14,18)(H,15,19). The van der Waals surface area contributed by atoms with Crippen molar-refractivity contribution in [2.24, 2.45) is 11.7 Å². The minimum absolute atomic E-state index is 0.0638. The van der Waals surface area contributed by atoms with Gasteiger partial charge in [-0.15, -0.1) is 0 Å². The summed E-state index contributed by atoms with van der Waals surface area (Å²) in [5, 5.41) is 2.62. The van der Waals surface area contributed by atoms with Crippen LogP contribution in [0.25, 0.3) is 0 Å². The fourth-order valence-corrected chi connectivity index (χ4v) is 1.95. The highest BCUT2D eigenvalue weighted by Gasteiger charge is 2.32. The summed E-state index contributed by atoms with van der Waals surface area (Å²) in [6.45, 7) is 6.66. The van der Waals surface area contributed by atoms with E-state index in [9.17, 15) is 14.4 Å². The van der Waals surface area contributed by atoms with Gasteiger partial charge in [-0.3, -0.25) is 9.59 Å². The maximum absolute atomic E-state index is 11.6. The number of carbonyl (C=O) groups is 3. The van der Waals surface area contributed by atoms with Crippen molar-refractivity contribution in [2.75, 3.05) is 19.6 Å². The van der Waals surface area contributed by atoms with Gasteiger partial charge < -0.3 is 20.7 Å². The molecule has 1 rings (SSSR count). The number of alkyl carbamates (subject to hydrolysis) is 1. The van der Waals surface area contributed by atoms with Crippen molar-refractivity contribution in [3.8, 4) is 0 Å². The van der Waals surface area contributed by atoms with Gasteiger partial charge in [0.25, 0.3) is 0 Å². The SMILES string of the molecule is CC(C)(C)OC(=O)NCCCN1CC(C(N)=O)CC1=O. The molecule has 7 nitrogen and oxygen atoms in total. The lowest BCUT2D eigenvalue weighted by Crippen LogP contribution is -2.35. The first-order valence-corrected chi connectivity index (χ1v) is 6.73. The van der Waals surface area contributed by atoms with E-state index in [1.807, 2.05) is 0 Å². The summed E-state index contributed by atoms with van der Waals surface area (Å²) in [5.74, 6) is -0.889. The summed E-state index contributed by atoms with van der Waals surface area (Å²) < 4.78 is 5.09. The fourth-order valence-electron chi connectivity index (χ4n) is 1.95. The quantitative estimate of drug-likeness (QED) is 0.706. The van der Waals surface area contributed by atoms with Crippen molar-refractivity contribution in [1.29, 1.82) is 0 Å². The Hall–Kier alpha value is -1.79. The number of primary amides is 1. The molecule has 114 valence electrons. The van der Waals surface area contributed by atoms with E-state index in [1.54, 1.807) is 25.7 Å². The van der Waals surface area contributed by atoms with Crippen LogP contribution in [0.4, 0.5) is 4.79 Å². The third kappa shape index (κ3) is 5.46. The Bertz CT molecular complexity index is 390. The molecule has 1 unspecified atom stereocenters. The summed E-state index contributed by atoms with van der Waals surface area (Å²) in [6, 6.07) is 0. The van der Waals surface area contributed by atoms with Crippen molar-refractivity contribution in [3.05, 3.63) is 0 Å². The van der Waals surface area contributed by atoms with Crippen LogP contribution in [0.2, 0.25) is 0 Å². The number of likely N-dealkylation sites (tertiary alicyclic amines) is 1. The number of nitrogens with two attached hydrogens (primary N) is 1. The number of hydrogen-bond donors (Lipinski definition) is 2. The van der Waals surface area contributed by atoms with E-state index in [2.05, 4.69) is 5.32 Å². The second-order valence-corrected chi connectivity index (χ2v) is 5.93. The number of ether oxygens (including phenoxy) is 1. The van der Waals surface area contributed by atoms with Gasteiger partial charge in [-0.1, -0.05) is 0 Å². The van der Waals surface area contributed by atoms with E-state index in [1.165, 1.54) is 0 Å². The van der Waals surface area contributed by atoms with E-state index >= 15 is 0 Å². The van der Waals surface area contributed by atoms with Crippen LogP contribution in [0.1, 0.15) is 33.6 Å². The molecule has 1 heterocycles. The molecule has 1 atom stereocenters. The van der Waals surface area contributed by atoms with Gasteiger partial charge in [0, 0.05) is 26.1 Å². The van der Waals surface area contributed by atoms with Crippen molar-refractivity contribution < 1.29 is 19.1 Å². The molecular formula is C13H23N3O4. The molecule has 0 aromatic heterocycles. The number of hydrogen-bond acceptors (Lipinski definition) is 4. The molecule has 3 amide bonds. The van der Waals surface area contributed by atoms with Crippen LogP contribution < -0.4 is 11.1 Å². The van der Waals surface area contributed by atoms with Crippen LogP contribution in [0.5, 0.6) is 0 Å². The molecule has 1 aliphatic rings. The lowest BCUT2D eigenvalue weighted by Gasteiger charge is -2.20. The minimum Gasteiger partial charge on any atom is -0.444 e. The molecule has 20 heavy (non-hydrogen) atoms. The average Bonchev–Trinajstić information content (AvgIpc) is 2.64. The maximum Gasteiger partial charge on any atom is 0.407 e. The second kappa shape index (κ2) is 6.58. The first kappa shape index (κ1) is 16.3. The van der Waals surface area contributed by atoms with E-state index in [0.29, 0.717) is 26.1 Å². The molecular weight excluding hydrogens is 262 g/mol. The molecule has 0 aromatic rings. The van der Waals surface area contributed by atoms with Crippen LogP contribution in [0.3, 0.4) is 0 Å². The molecule has 1 aliphatic heterocycles. The predicted octanol–water partition coefficient (Wildman–Crippen LogP) is 0.235. The van der Waals surface area contributed by atoms with Gasteiger partial charge in [0.2, 0.25) is 11.8 Å². The van der Waals surface area contributed by atoms with E-state index in [0.717, 1.165) is 0 Å². The topological polar surface area (TPSA) is 102 Å². The highest BCUT2D eigenvalue weighted by Crippen LogP contribution is 2.17. The van der Waals surface area contributed by atoms with E-state index in [4.69, 9.17) is 10.5 Å². The molecule has 0 spiro atoms. The number of rotatable bonds is 5. The first-order valence-electron chi connectivity index (χ1n) is 6.73. The number of carbonyl (C=O) groups excluding carboxylic acids is 3. The summed E-state index contributed by atoms with van der Waals surface area (Å²) >= 11 is 0. The third-order valence-corrected chi connectivity index (χ3v) is 2.89. The lowest BCUT2D eigenvalue weighted by molar-refractivity contribution is -0.128. The number of nitrogens with zero attached hydrogens (tertiary/aromatic N) is 1. The molecule has 3 N–H and O–H groups in total. The zero-order chi connectivity index (χ0) is 15.3. The summed E-state index contributed by atoms with van der Waals surface area (Å²) in [5.41, 5.74) is 4.66.